The highest BCUT2D eigenvalue weighted by Gasteiger charge is 2.57. The molecular weight excluding hydrogens is 1350 g/mol. The molecule has 10 heterocycles. The standard InChI is InChI=1S/2C41H44N4O8/c1-9-23-20(2)29-17-34-27-13-10-26(39(49)52-7)38(40(50)53-8)41(27,5)35(45-34)19-30-22(4)24(11-14-36(46)47)32(44-30)18-33-25(12-15-37(48)51-6)21(3)28(43-33)16-31(23)42-29;1-9-23-20(2)29-17-34-27-13-10-26(39(49)52-7)38(40(50)53-8)41(27,5)35(45-34)19-30-22(4)25(12-15-37(48)51-6)33(44-30)18-32-24(11-14-36(46)47)21(3)28(43-32)16-31(23)42-29/h2*9-10,13,16-19,38,42-45H,1,11-12,14-15H2,2-8H3,(H,46,47). The zero-order chi connectivity index (χ0) is 76.7. The highest BCUT2D eigenvalue weighted by molar-refractivity contribution is 6.00. The molecule has 0 spiro atoms. The van der Waals surface area contributed by atoms with Crippen LogP contribution >= 0.6 is 0 Å². The molecule has 2 fully saturated rings. The van der Waals surface area contributed by atoms with Crippen molar-refractivity contribution in [2.45, 2.75) is 107 Å². The predicted molar refractivity (Wildman–Crippen MR) is 400 cm³/mol. The van der Waals surface area contributed by atoms with Gasteiger partial charge in [0.15, 0.2) is 0 Å². The van der Waals surface area contributed by atoms with E-state index in [1.807, 2.05) is 116 Å². The normalized spacial score (nSPS) is 18.5. The van der Waals surface area contributed by atoms with Gasteiger partial charge in [-0.1, -0.05) is 49.6 Å². The predicted octanol–water partition coefficient (Wildman–Crippen LogP) is 8.31. The number of nitrogens with one attached hydrogen (secondary N) is 8. The second kappa shape index (κ2) is 29.9. The molecule has 4 unspecified atom stereocenters. The second-order valence-corrected chi connectivity index (χ2v) is 27.3. The Morgan fingerprint density at radius 3 is 1.08 bits per heavy atom. The van der Waals surface area contributed by atoms with E-state index in [9.17, 15) is 48.6 Å². The van der Waals surface area contributed by atoms with E-state index < -0.39 is 58.5 Å². The molecule has 0 aromatic carbocycles. The molecule has 6 aromatic heterocycles. The van der Waals surface area contributed by atoms with E-state index >= 15 is 0 Å². The Balaban J connectivity index is 0.000000212. The summed E-state index contributed by atoms with van der Waals surface area (Å²) in [5, 5.41) is 29.6. The number of hydrogen-bond acceptors (Lipinski definition) is 16. The number of rotatable bonds is 18. The largest absolute Gasteiger partial charge is 0.481 e. The van der Waals surface area contributed by atoms with Crippen LogP contribution in [0.3, 0.4) is 0 Å². The molecule has 0 amide bonds. The van der Waals surface area contributed by atoms with Crippen LogP contribution in [-0.2, 0) is 92.5 Å². The van der Waals surface area contributed by atoms with Gasteiger partial charge < -0.3 is 79.2 Å². The number of aromatic nitrogens is 6. The molecule has 16 bridgehead atoms. The average Bonchev–Trinajstić information content (AvgIpc) is 1.55. The molecule has 0 saturated carbocycles. The van der Waals surface area contributed by atoms with E-state index in [1.54, 1.807) is 24.3 Å². The Hall–Kier alpha value is -12.1. The van der Waals surface area contributed by atoms with Gasteiger partial charge in [0.1, 0.15) is 11.8 Å². The van der Waals surface area contributed by atoms with Crippen molar-refractivity contribution in [1.29, 1.82) is 0 Å². The first-order valence-corrected chi connectivity index (χ1v) is 34.6. The highest BCUT2D eigenvalue weighted by Crippen LogP contribution is 2.57. The number of carbonyl (C=O) groups is 8. The van der Waals surface area contributed by atoms with Crippen LogP contribution in [0.25, 0.3) is 60.8 Å². The smallest absolute Gasteiger partial charge is 0.334 e. The van der Waals surface area contributed by atoms with Crippen LogP contribution in [0.4, 0.5) is 0 Å². The van der Waals surface area contributed by atoms with Crippen molar-refractivity contribution in [3.63, 3.8) is 0 Å². The number of H-pyrrole nitrogens is 6. The van der Waals surface area contributed by atoms with Gasteiger partial charge in [-0.05, 0) is 196 Å². The first kappa shape index (κ1) is 75.1. The maximum Gasteiger partial charge on any atom is 0.334 e. The van der Waals surface area contributed by atoms with Gasteiger partial charge in [0.2, 0.25) is 0 Å². The van der Waals surface area contributed by atoms with Crippen molar-refractivity contribution in [1.82, 2.24) is 40.5 Å². The first-order chi connectivity index (χ1) is 50.5. The van der Waals surface area contributed by atoms with Crippen molar-refractivity contribution >= 4 is 109 Å². The van der Waals surface area contributed by atoms with Crippen molar-refractivity contribution in [3.8, 4) is 0 Å². The molecule has 6 aliphatic rings. The van der Waals surface area contributed by atoms with Crippen molar-refractivity contribution in [3.05, 3.63) is 216 Å². The topological polar surface area (TPSA) is 351 Å². The van der Waals surface area contributed by atoms with Gasteiger partial charge in [-0.25, -0.2) is 9.59 Å². The van der Waals surface area contributed by atoms with E-state index in [-0.39, 0.29) is 55.2 Å². The van der Waals surface area contributed by atoms with E-state index in [4.69, 9.17) is 28.4 Å². The molecule has 12 rings (SSSR count). The summed E-state index contributed by atoms with van der Waals surface area (Å²) in [6.45, 7) is 23.8. The minimum absolute atomic E-state index is 0.0595. The van der Waals surface area contributed by atoms with E-state index in [0.29, 0.717) is 59.1 Å². The monoisotopic (exact) mass is 1440 g/mol. The maximum absolute atomic E-state index is 13.7. The van der Waals surface area contributed by atoms with E-state index in [2.05, 4.69) is 53.7 Å². The van der Waals surface area contributed by atoms with Gasteiger partial charge in [0.25, 0.3) is 0 Å². The summed E-state index contributed by atoms with van der Waals surface area (Å²) < 4.78 is 30.8. The minimum Gasteiger partial charge on any atom is -0.481 e. The summed E-state index contributed by atoms with van der Waals surface area (Å²) in [4.78, 5) is 123. The highest BCUT2D eigenvalue weighted by atomic mass is 16.5. The number of aliphatic carboxylic acids is 2. The number of aromatic amines is 6. The number of allylic oxidation sites excluding steroid dienone is 8. The Labute approximate surface area is 611 Å². The molecule has 24 heteroatoms. The van der Waals surface area contributed by atoms with Gasteiger partial charge in [-0.15, -0.1) is 0 Å². The summed E-state index contributed by atoms with van der Waals surface area (Å²) in [6, 6.07) is 0. The van der Waals surface area contributed by atoms with Crippen molar-refractivity contribution in [2.75, 3.05) is 42.7 Å². The van der Waals surface area contributed by atoms with Gasteiger partial charge in [0.05, 0.1) is 64.6 Å². The van der Waals surface area contributed by atoms with Crippen molar-refractivity contribution in [2.24, 2.45) is 22.7 Å². The Morgan fingerprint density at radius 2 is 0.736 bits per heavy atom. The number of carboxylic acid groups (broad SMARTS) is 2. The average molecular weight is 1440 g/mol. The lowest BCUT2D eigenvalue weighted by Gasteiger charge is -2.36. The summed E-state index contributed by atoms with van der Waals surface area (Å²) in [5.41, 5.74) is 19.0. The molecule has 4 aliphatic heterocycles. The minimum atomic E-state index is -1.11. The number of carbonyl (C=O) groups excluding carboxylic acids is 6. The molecule has 2 saturated heterocycles. The number of fused-ring (bicyclic) bond motifs is 22. The van der Waals surface area contributed by atoms with Crippen LogP contribution < -0.4 is 32.0 Å². The fourth-order valence-electron chi connectivity index (χ4n) is 15.7. The number of hydrogen-bond donors (Lipinski definition) is 10. The molecule has 552 valence electrons. The van der Waals surface area contributed by atoms with E-state index in [1.165, 1.54) is 42.7 Å². The Bertz CT molecular complexity index is 5330. The maximum atomic E-state index is 13.7. The molecule has 4 atom stereocenters. The molecule has 6 aromatic rings. The molecule has 0 radical (unpaired) electrons. The lowest BCUT2D eigenvalue weighted by Crippen LogP contribution is -2.40. The van der Waals surface area contributed by atoms with E-state index in [0.717, 1.165) is 128 Å². The van der Waals surface area contributed by atoms with Crippen LogP contribution in [0.5, 0.6) is 0 Å². The SMILES string of the molecule is C=Cc1c2[nH]c(c1C)C=C1NC(=Cc3[nH]c(c(CCC(=O)O)c3C)C=c3[nH]c(c(C)c3CCC(=O)OC)=C2)C2(C)C1=CC=C(C(=O)OC)C2C(=O)OC.C=Cc1c2[nH]c(c1C)C=C1NC(=Cc3[nH]c(c(CCC(=O)OC)c3C)C=c3[nH]c(c(C)c3CCC(=O)O)=C2)C2(C)C1=CC=C(C(=O)OC)C2C(=O)OC. The lowest BCUT2D eigenvalue weighted by molar-refractivity contribution is -0.150. The third-order valence-corrected chi connectivity index (χ3v) is 21.8. The summed E-state index contributed by atoms with van der Waals surface area (Å²) in [5.74, 6) is -7.13. The van der Waals surface area contributed by atoms with Crippen LogP contribution in [0.2, 0.25) is 0 Å². The van der Waals surface area contributed by atoms with Crippen LogP contribution in [-0.4, -0.2) is 131 Å². The lowest BCUT2D eigenvalue weighted by atomic mass is 9.64. The van der Waals surface area contributed by atoms with Crippen LogP contribution in [0.15, 0.2) is 82.5 Å². The zero-order valence-corrected chi connectivity index (χ0v) is 61.9. The Morgan fingerprint density at radius 1 is 0.396 bits per heavy atom. The summed E-state index contributed by atoms with van der Waals surface area (Å²) >= 11 is 0. The van der Waals surface area contributed by atoms with Gasteiger partial charge >= 0.3 is 47.8 Å². The third-order valence-electron chi connectivity index (χ3n) is 21.8. The molecular formula is C82H88N8O16. The second-order valence-electron chi connectivity index (χ2n) is 27.3. The number of carboxylic acids is 2. The van der Waals surface area contributed by atoms with Gasteiger partial charge in [-0.3, -0.25) is 28.8 Å². The quantitative estimate of drug-likeness (QED) is 0.0285. The van der Waals surface area contributed by atoms with Gasteiger partial charge in [0, 0.05) is 127 Å². The number of ether oxygens (including phenoxy) is 6. The molecule has 106 heavy (non-hydrogen) atoms. The zero-order valence-electron chi connectivity index (χ0n) is 61.9. The molecule has 10 N–H and O–H groups in total. The van der Waals surface area contributed by atoms with Gasteiger partial charge in [-0.2, -0.15) is 0 Å². The fourth-order valence-corrected chi connectivity index (χ4v) is 15.7. The fraction of sp³-hybridized carbons (Fsp3) is 0.317. The third kappa shape index (κ3) is 13.4. The van der Waals surface area contributed by atoms with Crippen molar-refractivity contribution < 1.29 is 77.0 Å². The molecule has 2 aliphatic carbocycles. The summed E-state index contributed by atoms with van der Waals surface area (Å²) in [7, 11) is 7.85. The first-order valence-electron chi connectivity index (χ1n) is 34.6. The number of methoxy groups -OCH3 is 6. The van der Waals surface area contributed by atoms with Crippen LogP contribution in [0.1, 0.15) is 152 Å². The molecule has 24 nitrogen and oxygen atoms in total. The Kier molecular flexibility index (Phi) is 21.2. The number of esters is 6. The summed E-state index contributed by atoms with van der Waals surface area (Å²) in [6.07, 6.45) is 27.7. The van der Waals surface area contributed by atoms with Crippen LogP contribution in [0, 0.1) is 64.2 Å².